The lowest BCUT2D eigenvalue weighted by atomic mass is 10.1. The molecule has 0 aliphatic heterocycles. The molecule has 0 bridgehead atoms. The molecule has 0 aromatic rings. The normalized spacial score (nSPS) is 8.33. The first-order valence-electron chi connectivity index (χ1n) is 6.87. The van der Waals surface area contributed by atoms with Crippen molar-refractivity contribution in [2.45, 2.75) is 51.4 Å². The molecule has 0 rings (SSSR count). The van der Waals surface area contributed by atoms with Crippen LogP contribution in [-0.4, -0.2) is 56.9 Å². The van der Waals surface area contributed by atoms with Crippen molar-refractivity contribution in [3.05, 3.63) is 0 Å². The molecule has 0 aliphatic rings. The average Bonchev–Trinajstić information content (AvgIpc) is 2.49. The maximum atomic E-state index is 10.4. The zero-order chi connectivity index (χ0) is 19.4. The van der Waals surface area contributed by atoms with E-state index in [-0.39, 0.29) is 19.3 Å². The van der Waals surface area contributed by atoms with Crippen LogP contribution in [0.3, 0.4) is 0 Å². The summed E-state index contributed by atoms with van der Waals surface area (Å²) in [6, 6.07) is 0. The van der Waals surface area contributed by atoms with E-state index in [1.807, 2.05) is 0 Å². The van der Waals surface area contributed by atoms with Gasteiger partial charge in [0.1, 0.15) is 6.29 Å². The quantitative estimate of drug-likeness (QED) is 0.179. The van der Waals surface area contributed by atoms with Gasteiger partial charge in [0.2, 0.25) is 5.78 Å². The zero-order valence-corrected chi connectivity index (χ0v) is 13.0. The second kappa shape index (κ2) is 20.1. The summed E-state index contributed by atoms with van der Waals surface area (Å²) in [6.45, 7) is 0.500. The van der Waals surface area contributed by atoms with Crippen molar-refractivity contribution in [2.24, 2.45) is 0 Å². The lowest BCUT2D eigenvalue weighted by Crippen LogP contribution is -2.11. The maximum absolute atomic E-state index is 10.4. The van der Waals surface area contributed by atoms with Crippen LogP contribution < -0.4 is 0 Å². The molecule has 0 unspecified atom stereocenters. The number of carbonyl (C=O) groups is 5. The topological polar surface area (TPSA) is 183 Å². The van der Waals surface area contributed by atoms with Gasteiger partial charge in [-0.3, -0.25) is 14.4 Å². The average molecular weight is 349 g/mol. The molecule has 24 heavy (non-hydrogen) atoms. The number of carboxylic acid groups (broad SMARTS) is 3. The summed E-state index contributed by atoms with van der Waals surface area (Å²) >= 11 is 0. The molecule has 0 spiro atoms. The molecule has 0 aliphatic carbocycles. The third-order valence-corrected chi connectivity index (χ3v) is 2.25. The molecular formula is C14H21O10+. The number of aliphatic hydroxyl groups excluding tert-OH is 1. The van der Waals surface area contributed by atoms with Crippen molar-refractivity contribution in [3.8, 4) is 0 Å². The number of rotatable bonds is 11. The van der Waals surface area contributed by atoms with Crippen molar-refractivity contribution in [3.63, 3.8) is 0 Å². The highest BCUT2D eigenvalue weighted by atomic mass is 16.4. The van der Waals surface area contributed by atoms with Crippen LogP contribution in [0.4, 0.5) is 0 Å². The smallest absolute Gasteiger partial charge is 0.481 e. The molecule has 4 N–H and O–H groups in total. The van der Waals surface area contributed by atoms with E-state index in [0.717, 1.165) is 6.29 Å². The first kappa shape index (κ1) is 26.0. The summed E-state index contributed by atoms with van der Waals surface area (Å²) < 4.78 is 0. The van der Waals surface area contributed by atoms with Crippen LogP contribution in [0.2, 0.25) is 0 Å². The SMILES string of the molecule is O=C(O)CCCCC(=O)C(=O)O.O=CCCCCC(=O)O.O=[C+]O. The largest absolute Gasteiger partial charge is 0.794 e. The number of ketones is 1. The van der Waals surface area contributed by atoms with E-state index in [0.29, 0.717) is 38.6 Å². The Morgan fingerprint density at radius 3 is 1.50 bits per heavy atom. The van der Waals surface area contributed by atoms with E-state index in [1.54, 1.807) is 0 Å². The highest BCUT2D eigenvalue weighted by Crippen LogP contribution is 2.00. The minimum Gasteiger partial charge on any atom is -0.481 e. The highest BCUT2D eigenvalue weighted by Gasteiger charge is 2.10. The molecule has 0 saturated carbocycles. The Balaban J connectivity index is -0.000000324. The fourth-order valence-corrected chi connectivity index (χ4v) is 1.17. The van der Waals surface area contributed by atoms with Gasteiger partial charge in [0, 0.05) is 25.7 Å². The Morgan fingerprint density at radius 1 is 0.792 bits per heavy atom. The second-order valence-corrected chi connectivity index (χ2v) is 4.23. The van der Waals surface area contributed by atoms with E-state index >= 15 is 0 Å². The molecule has 0 radical (unpaired) electrons. The minimum absolute atomic E-state index is 0.0209. The van der Waals surface area contributed by atoms with Crippen LogP contribution in [0.5, 0.6) is 0 Å². The Hall–Kier alpha value is -2.87. The Labute approximate surface area is 138 Å². The van der Waals surface area contributed by atoms with E-state index in [1.165, 1.54) is 0 Å². The van der Waals surface area contributed by atoms with Crippen molar-refractivity contribution >= 4 is 36.4 Å². The summed E-state index contributed by atoms with van der Waals surface area (Å²) in [5.41, 5.74) is 0. The third-order valence-electron chi connectivity index (χ3n) is 2.25. The number of unbranched alkanes of at least 4 members (excludes halogenated alkanes) is 3. The van der Waals surface area contributed by atoms with Crippen LogP contribution >= 0.6 is 0 Å². The first-order valence-corrected chi connectivity index (χ1v) is 6.87. The standard InChI is InChI=1S/C7H10O5.C6H10O3.CHO2/c8-5(7(11)12)3-1-2-4-6(9)10;7-5-3-1-2-4-6(8)9;2-1-3/h1-4H2,(H,9,10)(H,11,12);5H,1-4H2,(H,8,9);(H,2,3)/q;;+1. The molecule has 10 heteroatoms. The zero-order valence-electron chi connectivity index (χ0n) is 13.0. The lowest BCUT2D eigenvalue weighted by Gasteiger charge is -1.94. The minimum atomic E-state index is -1.45. The van der Waals surface area contributed by atoms with E-state index in [4.69, 9.17) is 25.2 Å². The van der Waals surface area contributed by atoms with Crippen molar-refractivity contribution in [1.82, 2.24) is 0 Å². The van der Waals surface area contributed by atoms with Crippen LogP contribution in [0, 0.1) is 0 Å². The Bertz CT molecular complexity index is 402. The number of hydrogen-bond acceptors (Lipinski definition) is 6. The Morgan fingerprint density at radius 2 is 1.17 bits per heavy atom. The molecule has 0 fully saturated rings. The highest BCUT2D eigenvalue weighted by molar-refractivity contribution is 6.32. The van der Waals surface area contributed by atoms with Gasteiger partial charge in [0.25, 0.3) is 0 Å². The molecule has 0 saturated heterocycles. The molecule has 0 atom stereocenters. The number of carboxylic acids is 3. The van der Waals surface area contributed by atoms with E-state index < -0.39 is 23.7 Å². The molecule has 0 heterocycles. The van der Waals surface area contributed by atoms with Crippen LogP contribution in [0.15, 0.2) is 0 Å². The summed E-state index contributed by atoms with van der Waals surface area (Å²) in [4.78, 5) is 58.2. The predicted octanol–water partition coefficient (Wildman–Crippen LogP) is 0.727. The van der Waals surface area contributed by atoms with Crippen molar-refractivity contribution in [2.75, 3.05) is 0 Å². The van der Waals surface area contributed by atoms with Gasteiger partial charge in [0.15, 0.2) is 0 Å². The van der Waals surface area contributed by atoms with Crippen LogP contribution in [0.25, 0.3) is 0 Å². The predicted molar refractivity (Wildman–Crippen MR) is 79.2 cm³/mol. The first-order chi connectivity index (χ1) is 11.2. The number of Topliss-reactive ketones (excluding diaryl/α,β-unsaturated/α-hetero) is 1. The monoisotopic (exact) mass is 349 g/mol. The van der Waals surface area contributed by atoms with Gasteiger partial charge >= 0.3 is 24.4 Å². The van der Waals surface area contributed by atoms with Crippen molar-refractivity contribution < 1.29 is 49.2 Å². The number of hydrogen-bond donors (Lipinski definition) is 4. The molecule has 0 aromatic heterocycles. The fraction of sp³-hybridized carbons (Fsp3) is 0.571. The van der Waals surface area contributed by atoms with Crippen LogP contribution in [-0.2, 0) is 28.8 Å². The number of carbonyl (C=O) groups excluding carboxylic acids is 2. The van der Waals surface area contributed by atoms with Gasteiger partial charge in [-0.2, -0.15) is 0 Å². The summed E-state index contributed by atoms with van der Waals surface area (Å²) in [5.74, 6) is -4.04. The van der Waals surface area contributed by atoms with Gasteiger partial charge in [-0.1, -0.05) is 0 Å². The van der Waals surface area contributed by atoms with E-state index in [9.17, 15) is 24.0 Å². The fourth-order valence-electron chi connectivity index (χ4n) is 1.17. The van der Waals surface area contributed by atoms with Gasteiger partial charge in [0.05, 0.1) is 4.79 Å². The number of aliphatic carboxylic acids is 3. The van der Waals surface area contributed by atoms with E-state index in [2.05, 4.69) is 0 Å². The van der Waals surface area contributed by atoms with Gasteiger partial charge in [-0.05, 0) is 25.7 Å². The lowest BCUT2D eigenvalue weighted by molar-refractivity contribution is -0.149. The third kappa shape index (κ3) is 31.5. The maximum Gasteiger partial charge on any atom is 0.794 e. The molecule has 10 nitrogen and oxygen atoms in total. The number of aldehydes is 1. The van der Waals surface area contributed by atoms with Gasteiger partial charge < -0.3 is 20.1 Å². The Kier molecular flexibility index (Phi) is 21.8. The molecule has 136 valence electrons. The summed E-state index contributed by atoms with van der Waals surface area (Å²) in [7, 11) is 0. The summed E-state index contributed by atoms with van der Waals surface area (Å²) in [6.07, 6.45) is 3.31. The second-order valence-electron chi connectivity index (χ2n) is 4.23. The molecule has 0 amide bonds. The molecule has 0 aromatic carbocycles. The van der Waals surface area contributed by atoms with Gasteiger partial charge in [-0.15, -0.1) is 0 Å². The van der Waals surface area contributed by atoms with Crippen molar-refractivity contribution in [1.29, 1.82) is 0 Å². The molecular weight excluding hydrogens is 328 g/mol. The van der Waals surface area contributed by atoms with Crippen LogP contribution in [0.1, 0.15) is 51.4 Å². The summed E-state index contributed by atoms with van der Waals surface area (Å²) in [5, 5.41) is 31.2. The van der Waals surface area contributed by atoms with Gasteiger partial charge in [-0.25, -0.2) is 9.90 Å².